The molecule has 0 heterocycles. The second-order valence-electron chi connectivity index (χ2n) is 8.06. The van der Waals surface area contributed by atoms with Crippen LogP contribution in [-0.2, 0) is 23.8 Å². The van der Waals surface area contributed by atoms with Crippen LogP contribution in [0.1, 0.15) is 59.3 Å². The van der Waals surface area contributed by atoms with Gasteiger partial charge in [0.25, 0.3) is 0 Å². The average Bonchev–Trinajstić information content (AvgIpc) is 2.44. The van der Waals surface area contributed by atoms with Crippen molar-refractivity contribution in [2.75, 3.05) is 0 Å². The first-order valence-corrected chi connectivity index (χ1v) is 9.00. The zero-order chi connectivity index (χ0) is 17.5. The number of esters is 2. The van der Waals surface area contributed by atoms with Crippen LogP contribution in [0.3, 0.4) is 0 Å². The van der Waals surface area contributed by atoms with Crippen molar-refractivity contribution in [3.8, 4) is 0 Å². The lowest BCUT2D eigenvalue weighted by Gasteiger charge is -2.55. The monoisotopic (exact) mass is 336 g/mol. The molecule has 4 aliphatic carbocycles. The van der Waals surface area contributed by atoms with E-state index in [0.717, 1.165) is 19.3 Å². The molecule has 0 N–H and O–H groups in total. The van der Waals surface area contributed by atoms with E-state index >= 15 is 0 Å². The third-order valence-electron chi connectivity index (χ3n) is 5.75. The van der Waals surface area contributed by atoms with E-state index in [1.54, 1.807) is 20.8 Å². The highest BCUT2D eigenvalue weighted by Gasteiger charge is 2.55. The molecule has 0 saturated heterocycles. The van der Waals surface area contributed by atoms with Gasteiger partial charge in [0.2, 0.25) is 12.6 Å². The van der Waals surface area contributed by atoms with Gasteiger partial charge < -0.3 is 14.2 Å². The summed E-state index contributed by atoms with van der Waals surface area (Å²) in [4.78, 5) is 24.3. The van der Waals surface area contributed by atoms with Crippen molar-refractivity contribution in [3.05, 3.63) is 12.2 Å². The van der Waals surface area contributed by atoms with Crippen molar-refractivity contribution in [2.45, 2.75) is 71.9 Å². The molecule has 5 nitrogen and oxygen atoms in total. The van der Waals surface area contributed by atoms with Crippen molar-refractivity contribution in [1.29, 1.82) is 0 Å². The number of hydrogen-bond acceptors (Lipinski definition) is 5. The Labute approximate surface area is 143 Å². The maximum Gasteiger partial charge on any atom is 0.335 e. The summed E-state index contributed by atoms with van der Waals surface area (Å²) in [6.07, 6.45) is 5.22. The predicted molar refractivity (Wildman–Crippen MR) is 87.6 cm³/mol. The SMILES string of the molecule is C=C(C)C(=O)OC(C)OC(C)OC(=O)C12CC3CC(CC(C3)C1)C2. The van der Waals surface area contributed by atoms with Gasteiger partial charge in [-0.05, 0) is 77.0 Å². The Bertz CT molecular complexity index is 503. The minimum Gasteiger partial charge on any atom is -0.435 e. The smallest absolute Gasteiger partial charge is 0.335 e. The standard InChI is InChI=1S/C19H28O5/c1-11(2)17(20)23-12(3)22-13(4)24-18(21)19-8-14-5-15(9-19)7-16(6-14)10-19/h12-16H,1,5-10H2,2-4H3. The van der Waals surface area contributed by atoms with Crippen LogP contribution in [0.5, 0.6) is 0 Å². The molecule has 4 saturated carbocycles. The van der Waals surface area contributed by atoms with Crippen LogP contribution in [0.25, 0.3) is 0 Å². The van der Waals surface area contributed by atoms with Gasteiger partial charge in [-0.25, -0.2) is 4.79 Å². The van der Waals surface area contributed by atoms with Gasteiger partial charge in [0, 0.05) is 5.57 Å². The second kappa shape index (κ2) is 6.51. The molecule has 134 valence electrons. The van der Waals surface area contributed by atoms with Gasteiger partial charge in [0.15, 0.2) is 0 Å². The topological polar surface area (TPSA) is 61.8 Å². The van der Waals surface area contributed by atoms with Crippen LogP contribution in [-0.4, -0.2) is 24.5 Å². The fourth-order valence-electron chi connectivity index (χ4n) is 5.21. The Morgan fingerprint density at radius 3 is 1.88 bits per heavy atom. The molecule has 4 rings (SSSR count). The maximum absolute atomic E-state index is 12.8. The van der Waals surface area contributed by atoms with Gasteiger partial charge in [-0.2, -0.15) is 0 Å². The van der Waals surface area contributed by atoms with Crippen molar-refractivity contribution >= 4 is 11.9 Å². The van der Waals surface area contributed by atoms with Crippen LogP contribution in [0.15, 0.2) is 12.2 Å². The summed E-state index contributed by atoms with van der Waals surface area (Å²) in [5, 5.41) is 0. The van der Waals surface area contributed by atoms with Crippen molar-refractivity contribution in [1.82, 2.24) is 0 Å². The van der Waals surface area contributed by atoms with Gasteiger partial charge >= 0.3 is 11.9 Å². The highest BCUT2D eigenvalue weighted by molar-refractivity contribution is 5.87. The number of carbonyl (C=O) groups excluding carboxylic acids is 2. The van der Waals surface area contributed by atoms with E-state index in [0.29, 0.717) is 23.3 Å². The largest absolute Gasteiger partial charge is 0.435 e. The summed E-state index contributed by atoms with van der Waals surface area (Å²) < 4.78 is 16.1. The van der Waals surface area contributed by atoms with Crippen LogP contribution in [0.4, 0.5) is 0 Å². The molecule has 0 spiro atoms. The molecule has 4 aliphatic rings. The molecule has 2 unspecified atom stereocenters. The van der Waals surface area contributed by atoms with E-state index in [1.807, 2.05) is 0 Å². The van der Waals surface area contributed by atoms with E-state index in [-0.39, 0.29) is 11.4 Å². The first-order chi connectivity index (χ1) is 11.3. The van der Waals surface area contributed by atoms with E-state index < -0.39 is 18.5 Å². The summed E-state index contributed by atoms with van der Waals surface area (Å²) in [6, 6.07) is 0. The van der Waals surface area contributed by atoms with Gasteiger partial charge in [0.1, 0.15) is 0 Å². The Kier molecular flexibility index (Phi) is 4.73. The lowest BCUT2D eigenvalue weighted by atomic mass is 9.49. The lowest BCUT2D eigenvalue weighted by Crippen LogP contribution is -2.51. The minimum absolute atomic E-state index is 0.132. The second-order valence-corrected chi connectivity index (χ2v) is 8.06. The average molecular weight is 336 g/mol. The molecular formula is C19H28O5. The molecular weight excluding hydrogens is 308 g/mol. The molecule has 24 heavy (non-hydrogen) atoms. The number of hydrogen-bond donors (Lipinski definition) is 0. The molecule has 4 fully saturated rings. The van der Waals surface area contributed by atoms with Gasteiger partial charge in [-0.3, -0.25) is 4.79 Å². The van der Waals surface area contributed by atoms with E-state index in [9.17, 15) is 9.59 Å². The third-order valence-corrected chi connectivity index (χ3v) is 5.75. The minimum atomic E-state index is -0.784. The highest BCUT2D eigenvalue weighted by Crippen LogP contribution is 2.60. The van der Waals surface area contributed by atoms with E-state index in [4.69, 9.17) is 14.2 Å². The summed E-state index contributed by atoms with van der Waals surface area (Å²) in [6.45, 7) is 8.38. The lowest BCUT2D eigenvalue weighted by molar-refractivity contribution is -0.235. The molecule has 0 aromatic carbocycles. The molecule has 4 bridgehead atoms. The van der Waals surface area contributed by atoms with Crippen LogP contribution >= 0.6 is 0 Å². The molecule has 2 atom stereocenters. The van der Waals surface area contributed by atoms with Crippen LogP contribution < -0.4 is 0 Å². The Hall–Kier alpha value is -1.36. The summed E-state index contributed by atoms with van der Waals surface area (Å²) in [7, 11) is 0. The summed E-state index contributed by atoms with van der Waals surface area (Å²) in [5.74, 6) is 1.43. The normalized spacial score (nSPS) is 36.0. The molecule has 0 aromatic heterocycles. The molecule has 0 aromatic rings. The fourth-order valence-corrected chi connectivity index (χ4v) is 5.21. The quantitative estimate of drug-likeness (QED) is 0.421. The zero-order valence-electron chi connectivity index (χ0n) is 14.9. The summed E-state index contributed by atoms with van der Waals surface area (Å²) in [5.41, 5.74) is 0.00735. The number of ether oxygens (including phenoxy) is 3. The van der Waals surface area contributed by atoms with E-state index in [1.165, 1.54) is 19.3 Å². The molecule has 0 amide bonds. The first-order valence-electron chi connectivity index (χ1n) is 9.00. The van der Waals surface area contributed by atoms with Gasteiger partial charge in [-0.1, -0.05) is 6.58 Å². The maximum atomic E-state index is 12.8. The third kappa shape index (κ3) is 3.51. The molecule has 0 aliphatic heterocycles. The Morgan fingerprint density at radius 2 is 1.42 bits per heavy atom. The highest BCUT2D eigenvalue weighted by atomic mass is 16.8. The number of carbonyl (C=O) groups is 2. The molecule has 5 heteroatoms. The Morgan fingerprint density at radius 1 is 0.958 bits per heavy atom. The van der Waals surface area contributed by atoms with Crippen LogP contribution in [0.2, 0.25) is 0 Å². The van der Waals surface area contributed by atoms with Crippen LogP contribution in [0, 0.1) is 23.2 Å². The zero-order valence-corrected chi connectivity index (χ0v) is 14.9. The van der Waals surface area contributed by atoms with Gasteiger partial charge in [0.05, 0.1) is 5.41 Å². The van der Waals surface area contributed by atoms with Crippen molar-refractivity contribution in [3.63, 3.8) is 0 Å². The van der Waals surface area contributed by atoms with Crippen molar-refractivity contribution < 1.29 is 23.8 Å². The van der Waals surface area contributed by atoms with E-state index in [2.05, 4.69) is 6.58 Å². The predicted octanol–water partition coefficient (Wildman–Crippen LogP) is 3.57. The van der Waals surface area contributed by atoms with Crippen molar-refractivity contribution in [2.24, 2.45) is 23.2 Å². The number of rotatable bonds is 6. The summed E-state index contributed by atoms with van der Waals surface area (Å²) >= 11 is 0. The first kappa shape index (κ1) is 17.5. The Balaban J connectivity index is 1.53. The fraction of sp³-hybridized carbons (Fsp3) is 0.789. The van der Waals surface area contributed by atoms with Gasteiger partial charge in [-0.15, -0.1) is 0 Å². The molecule has 0 radical (unpaired) electrons.